The molecule has 0 aromatic heterocycles. The molecule has 0 aliphatic rings. The minimum absolute atomic E-state index is 0. The van der Waals surface area contributed by atoms with E-state index in [0.717, 1.165) is 32.1 Å². The molecule has 0 saturated heterocycles. The monoisotopic (exact) mass is 356 g/mol. The number of hydrogen-bond acceptors (Lipinski definition) is 2. The predicted octanol–water partition coefficient (Wildman–Crippen LogP) is 1.91. The van der Waals surface area contributed by atoms with E-state index in [9.17, 15) is 0 Å². The van der Waals surface area contributed by atoms with E-state index in [1.807, 2.05) is 0 Å². The average molecular weight is 356 g/mol. The maximum Gasteiger partial charge on any atom is 0.191 e. The fourth-order valence-electron chi connectivity index (χ4n) is 1.36. The summed E-state index contributed by atoms with van der Waals surface area (Å²) >= 11 is 0. The van der Waals surface area contributed by atoms with Gasteiger partial charge in [0.05, 0.1) is 6.54 Å². The predicted molar refractivity (Wildman–Crippen MR) is 87.5 cm³/mol. The highest BCUT2D eigenvalue weighted by Crippen LogP contribution is 1.98. The number of nitrogens with one attached hydrogen (secondary N) is 2. The van der Waals surface area contributed by atoms with Crippen molar-refractivity contribution in [1.82, 2.24) is 15.5 Å². The molecule has 5 heteroatoms. The molecule has 0 aliphatic heterocycles. The first-order valence-electron chi connectivity index (χ1n) is 6.38. The van der Waals surface area contributed by atoms with Gasteiger partial charge in [-0.15, -0.1) is 24.0 Å². The topological polar surface area (TPSA) is 39.7 Å². The Labute approximate surface area is 124 Å². The molecule has 104 valence electrons. The van der Waals surface area contributed by atoms with Crippen molar-refractivity contribution < 1.29 is 0 Å². The van der Waals surface area contributed by atoms with Crippen LogP contribution in [0.5, 0.6) is 0 Å². The third-order valence-corrected chi connectivity index (χ3v) is 2.75. The van der Waals surface area contributed by atoms with Gasteiger partial charge in [0.2, 0.25) is 0 Å². The van der Waals surface area contributed by atoms with Gasteiger partial charge in [-0.05, 0) is 34.2 Å². The molecule has 1 unspecified atom stereocenters. The van der Waals surface area contributed by atoms with Crippen LogP contribution >= 0.6 is 24.0 Å². The van der Waals surface area contributed by atoms with Crippen molar-refractivity contribution in [2.24, 2.45) is 4.99 Å². The van der Waals surface area contributed by atoms with Crippen LogP contribution in [0.4, 0.5) is 0 Å². The summed E-state index contributed by atoms with van der Waals surface area (Å²) in [6, 6.07) is 0.636. The van der Waals surface area contributed by atoms with Gasteiger partial charge in [0, 0.05) is 25.7 Å². The van der Waals surface area contributed by atoms with Gasteiger partial charge < -0.3 is 15.5 Å². The Morgan fingerprint density at radius 3 is 2.12 bits per heavy atom. The largest absolute Gasteiger partial charge is 0.357 e. The summed E-state index contributed by atoms with van der Waals surface area (Å²) in [6.07, 6.45) is 1.19. The quantitative estimate of drug-likeness (QED) is 0.416. The number of nitrogens with zero attached hydrogens (tertiary/aromatic N) is 2. The minimum Gasteiger partial charge on any atom is -0.357 e. The van der Waals surface area contributed by atoms with Gasteiger partial charge in [0.25, 0.3) is 0 Å². The maximum absolute atomic E-state index is 4.51. The van der Waals surface area contributed by atoms with Gasteiger partial charge in [0.15, 0.2) is 5.96 Å². The molecule has 4 nitrogen and oxygen atoms in total. The highest BCUT2D eigenvalue weighted by Gasteiger charge is 2.05. The van der Waals surface area contributed by atoms with Crippen molar-refractivity contribution in [2.45, 2.75) is 40.2 Å². The number of halogens is 1. The molecule has 0 saturated carbocycles. The molecule has 17 heavy (non-hydrogen) atoms. The van der Waals surface area contributed by atoms with Gasteiger partial charge in [-0.3, -0.25) is 4.99 Å². The highest BCUT2D eigenvalue weighted by molar-refractivity contribution is 14.0. The fourth-order valence-corrected chi connectivity index (χ4v) is 1.36. The molecule has 2 N–H and O–H groups in total. The second-order valence-corrected chi connectivity index (χ2v) is 4.03. The SMILES string of the molecule is CCNC(=NCCN(C)C(C)CC)NCC.I. The molecule has 0 rings (SSSR count). The first-order valence-corrected chi connectivity index (χ1v) is 6.38. The third-order valence-electron chi connectivity index (χ3n) is 2.75. The first-order chi connectivity index (χ1) is 7.65. The molecule has 0 aromatic rings. The summed E-state index contributed by atoms with van der Waals surface area (Å²) in [6.45, 7) is 12.3. The van der Waals surface area contributed by atoms with Gasteiger partial charge in [-0.25, -0.2) is 0 Å². The average Bonchev–Trinajstić information content (AvgIpc) is 2.28. The lowest BCUT2D eigenvalue weighted by molar-refractivity contribution is 0.259. The van der Waals surface area contributed by atoms with Crippen LogP contribution < -0.4 is 10.6 Å². The Morgan fingerprint density at radius 2 is 1.71 bits per heavy atom. The van der Waals surface area contributed by atoms with E-state index in [-0.39, 0.29) is 24.0 Å². The van der Waals surface area contributed by atoms with Gasteiger partial charge >= 0.3 is 0 Å². The maximum atomic E-state index is 4.51. The lowest BCUT2D eigenvalue weighted by Crippen LogP contribution is -2.38. The number of aliphatic imine (C=N–C) groups is 1. The molecule has 1 atom stereocenters. The second kappa shape index (κ2) is 12.4. The van der Waals surface area contributed by atoms with Crippen LogP contribution in [0.3, 0.4) is 0 Å². The summed E-state index contributed by atoms with van der Waals surface area (Å²) in [5.74, 6) is 0.919. The van der Waals surface area contributed by atoms with Crippen LogP contribution in [0.1, 0.15) is 34.1 Å². The minimum atomic E-state index is 0. The Hall–Kier alpha value is -0.0400. The van der Waals surface area contributed by atoms with Crippen molar-refractivity contribution in [1.29, 1.82) is 0 Å². The molecule has 0 amide bonds. The summed E-state index contributed by atoms with van der Waals surface area (Å²) in [5.41, 5.74) is 0. The molecular formula is C12H29IN4. The zero-order valence-corrected chi connectivity index (χ0v) is 14.2. The Bertz CT molecular complexity index is 189. The van der Waals surface area contributed by atoms with Crippen molar-refractivity contribution in [3.8, 4) is 0 Å². The van der Waals surface area contributed by atoms with E-state index in [1.165, 1.54) is 6.42 Å². The van der Waals surface area contributed by atoms with E-state index in [0.29, 0.717) is 6.04 Å². The number of rotatable bonds is 7. The zero-order chi connectivity index (χ0) is 12.4. The van der Waals surface area contributed by atoms with Crippen molar-refractivity contribution in [3.05, 3.63) is 0 Å². The Balaban J connectivity index is 0. The number of likely N-dealkylation sites (N-methyl/N-ethyl adjacent to an activating group) is 1. The Kier molecular flexibility index (Phi) is 14.1. The van der Waals surface area contributed by atoms with Crippen LogP contribution in [0.25, 0.3) is 0 Å². The fraction of sp³-hybridized carbons (Fsp3) is 0.917. The van der Waals surface area contributed by atoms with E-state index in [1.54, 1.807) is 0 Å². The summed E-state index contributed by atoms with van der Waals surface area (Å²) < 4.78 is 0. The van der Waals surface area contributed by atoms with Gasteiger partial charge in [-0.1, -0.05) is 6.92 Å². The first kappa shape index (κ1) is 19.3. The summed E-state index contributed by atoms with van der Waals surface area (Å²) in [5, 5.41) is 6.44. The number of hydrogen-bond donors (Lipinski definition) is 2. The van der Waals surface area contributed by atoms with E-state index < -0.39 is 0 Å². The highest BCUT2D eigenvalue weighted by atomic mass is 127. The molecule has 0 aliphatic carbocycles. The van der Waals surface area contributed by atoms with Crippen LogP contribution in [0.2, 0.25) is 0 Å². The Morgan fingerprint density at radius 1 is 1.18 bits per heavy atom. The van der Waals surface area contributed by atoms with E-state index in [4.69, 9.17) is 0 Å². The van der Waals surface area contributed by atoms with Gasteiger partial charge in [-0.2, -0.15) is 0 Å². The summed E-state index contributed by atoms with van der Waals surface area (Å²) in [7, 11) is 2.16. The van der Waals surface area contributed by atoms with Crippen LogP contribution in [0, 0.1) is 0 Å². The normalized spacial score (nSPS) is 11.6. The van der Waals surface area contributed by atoms with Crippen LogP contribution in [-0.4, -0.2) is 50.1 Å². The molecule has 0 spiro atoms. The van der Waals surface area contributed by atoms with Crippen LogP contribution in [0.15, 0.2) is 4.99 Å². The standard InChI is InChI=1S/C12H28N4.HI/c1-6-11(4)16(5)10-9-15-12(13-7-2)14-8-3;/h11H,6-10H2,1-5H3,(H2,13,14,15);1H. The molecule has 0 heterocycles. The smallest absolute Gasteiger partial charge is 0.191 e. The van der Waals surface area contributed by atoms with Crippen LogP contribution in [-0.2, 0) is 0 Å². The second-order valence-electron chi connectivity index (χ2n) is 4.03. The molecule has 0 radical (unpaired) electrons. The molecular weight excluding hydrogens is 327 g/mol. The molecule has 0 fully saturated rings. The lowest BCUT2D eigenvalue weighted by atomic mass is 10.2. The third kappa shape index (κ3) is 9.64. The van der Waals surface area contributed by atoms with E-state index >= 15 is 0 Å². The molecule has 0 bridgehead atoms. The lowest BCUT2D eigenvalue weighted by Gasteiger charge is -2.22. The number of guanidine groups is 1. The molecule has 0 aromatic carbocycles. The summed E-state index contributed by atoms with van der Waals surface area (Å²) in [4.78, 5) is 6.86. The zero-order valence-electron chi connectivity index (χ0n) is 11.9. The van der Waals surface area contributed by atoms with Gasteiger partial charge in [0.1, 0.15) is 0 Å². The van der Waals surface area contributed by atoms with Crippen molar-refractivity contribution in [2.75, 3.05) is 33.2 Å². The van der Waals surface area contributed by atoms with Crippen molar-refractivity contribution in [3.63, 3.8) is 0 Å². The van der Waals surface area contributed by atoms with Crippen molar-refractivity contribution >= 4 is 29.9 Å². The van der Waals surface area contributed by atoms with E-state index in [2.05, 4.69) is 55.3 Å².